The van der Waals surface area contributed by atoms with Crippen LogP contribution in [0.15, 0.2) is 97.3 Å². The number of para-hydroxylation sites is 2. The number of aromatic nitrogens is 2. The third-order valence-corrected chi connectivity index (χ3v) is 9.22. The molecule has 53 heavy (non-hydrogen) atoms. The van der Waals surface area contributed by atoms with Gasteiger partial charge in [-0.15, -0.1) is 0 Å². The molecule has 9 N–H and O–H groups in total. The van der Waals surface area contributed by atoms with Gasteiger partial charge in [0.2, 0.25) is 0 Å². The Morgan fingerprint density at radius 2 is 1.26 bits per heavy atom. The van der Waals surface area contributed by atoms with Gasteiger partial charge in [-0.1, -0.05) is 48.5 Å². The van der Waals surface area contributed by atoms with Crippen molar-refractivity contribution in [2.24, 2.45) is 17.2 Å². The van der Waals surface area contributed by atoms with Crippen LogP contribution in [0.25, 0.3) is 21.8 Å². The molecule has 0 aliphatic rings. The van der Waals surface area contributed by atoms with Gasteiger partial charge in [0, 0.05) is 47.6 Å². The largest absolute Gasteiger partial charge is 0.497 e. The summed E-state index contributed by atoms with van der Waals surface area (Å²) >= 11 is 0. The Bertz CT molecular complexity index is 2280. The summed E-state index contributed by atoms with van der Waals surface area (Å²) in [6.07, 6.45) is 2.81. The van der Waals surface area contributed by atoms with Gasteiger partial charge in [-0.2, -0.15) is 0 Å². The highest BCUT2D eigenvalue weighted by Crippen LogP contribution is 2.33. The molecule has 2 heterocycles. The standard InChI is InChI=1S/C41H44N8O4/c1-23-21-45-38-30(10-6-12-32(38)40(44)50)36(23)48-34(19-42)26-14-16-28(17-15-26)53-25(3)47-41(51)33-13-7-11-31-37(24(2)22-46-39(31)33)49-35(20-43)27-8-5-9-29(18-27)52-4/h5-18,21-22,25,34-35H,19-20,42-43H2,1-4H3,(H2,44,50)(H,45,48)(H,46,49)(H,47,51). The second kappa shape index (κ2) is 16.0. The number of fused-ring (bicyclic) bond motifs is 2. The van der Waals surface area contributed by atoms with Crippen LogP contribution < -0.4 is 42.6 Å². The lowest BCUT2D eigenvalue weighted by Crippen LogP contribution is -2.36. The van der Waals surface area contributed by atoms with E-state index in [9.17, 15) is 9.59 Å². The summed E-state index contributed by atoms with van der Waals surface area (Å²) in [7, 11) is 1.63. The van der Waals surface area contributed by atoms with Crippen LogP contribution in [-0.4, -0.2) is 48.2 Å². The van der Waals surface area contributed by atoms with E-state index >= 15 is 0 Å². The highest BCUT2D eigenvalue weighted by atomic mass is 16.5. The van der Waals surface area contributed by atoms with E-state index < -0.39 is 12.1 Å². The molecule has 3 atom stereocenters. The number of nitrogens with one attached hydrogen (secondary N) is 3. The maximum atomic E-state index is 13.6. The summed E-state index contributed by atoms with van der Waals surface area (Å²) in [5.41, 5.74) is 25.3. The number of nitrogens with two attached hydrogens (primary N) is 3. The number of pyridine rings is 2. The number of methoxy groups -OCH3 is 1. The lowest BCUT2D eigenvalue weighted by atomic mass is 10.0. The van der Waals surface area contributed by atoms with Crippen molar-refractivity contribution in [2.75, 3.05) is 30.8 Å². The van der Waals surface area contributed by atoms with Crippen LogP contribution in [0, 0.1) is 13.8 Å². The van der Waals surface area contributed by atoms with E-state index in [2.05, 4.69) is 25.9 Å². The van der Waals surface area contributed by atoms with E-state index in [1.807, 2.05) is 80.6 Å². The maximum absolute atomic E-state index is 13.6. The molecule has 0 aliphatic carbocycles. The van der Waals surface area contributed by atoms with Crippen LogP contribution in [0.3, 0.4) is 0 Å². The summed E-state index contributed by atoms with van der Waals surface area (Å²) in [6, 6.07) is 25.7. The highest BCUT2D eigenvalue weighted by molar-refractivity contribution is 6.09. The fraction of sp³-hybridized carbons (Fsp3) is 0.220. The van der Waals surface area contributed by atoms with Gasteiger partial charge in [0.1, 0.15) is 11.5 Å². The quantitative estimate of drug-likeness (QED) is 0.0743. The maximum Gasteiger partial charge on any atom is 0.256 e. The molecular weight excluding hydrogens is 669 g/mol. The molecule has 4 aromatic carbocycles. The van der Waals surface area contributed by atoms with Gasteiger partial charge in [0.05, 0.1) is 41.4 Å². The summed E-state index contributed by atoms with van der Waals surface area (Å²) in [5, 5.41) is 11.7. The van der Waals surface area contributed by atoms with Gasteiger partial charge in [-0.3, -0.25) is 19.6 Å². The zero-order valence-corrected chi connectivity index (χ0v) is 30.1. The van der Waals surface area contributed by atoms with Crippen molar-refractivity contribution in [1.29, 1.82) is 0 Å². The van der Waals surface area contributed by atoms with Gasteiger partial charge < -0.3 is 42.6 Å². The van der Waals surface area contributed by atoms with Crippen molar-refractivity contribution < 1.29 is 19.1 Å². The molecule has 0 spiro atoms. The zero-order chi connectivity index (χ0) is 37.6. The first-order valence-electron chi connectivity index (χ1n) is 17.3. The molecule has 0 bridgehead atoms. The van der Waals surface area contributed by atoms with Crippen molar-refractivity contribution in [3.05, 3.63) is 131 Å². The Balaban J connectivity index is 1.15. The first-order chi connectivity index (χ1) is 25.6. The van der Waals surface area contributed by atoms with Crippen LogP contribution in [0.4, 0.5) is 11.4 Å². The number of anilines is 2. The molecule has 0 radical (unpaired) electrons. The van der Waals surface area contributed by atoms with Crippen LogP contribution >= 0.6 is 0 Å². The first kappa shape index (κ1) is 36.5. The number of ether oxygens (including phenoxy) is 2. The molecule has 0 fully saturated rings. The van der Waals surface area contributed by atoms with E-state index in [-0.39, 0.29) is 18.0 Å². The molecule has 272 valence electrons. The van der Waals surface area contributed by atoms with E-state index in [0.29, 0.717) is 41.0 Å². The average molecular weight is 713 g/mol. The normalized spacial score (nSPS) is 12.9. The highest BCUT2D eigenvalue weighted by Gasteiger charge is 2.20. The van der Waals surface area contributed by atoms with Crippen LogP contribution in [0.1, 0.15) is 62.0 Å². The molecule has 2 amide bonds. The smallest absolute Gasteiger partial charge is 0.256 e. The predicted molar refractivity (Wildman–Crippen MR) is 209 cm³/mol. The molecule has 12 heteroatoms. The molecule has 6 aromatic rings. The van der Waals surface area contributed by atoms with E-state index in [0.717, 1.165) is 50.2 Å². The third-order valence-electron chi connectivity index (χ3n) is 9.22. The summed E-state index contributed by atoms with van der Waals surface area (Å²) in [4.78, 5) is 34.8. The minimum atomic E-state index is -0.657. The van der Waals surface area contributed by atoms with Crippen molar-refractivity contribution in [3.63, 3.8) is 0 Å². The number of amides is 2. The van der Waals surface area contributed by atoms with Gasteiger partial charge in [-0.25, -0.2) is 0 Å². The number of benzene rings is 4. The minimum absolute atomic E-state index is 0.196. The van der Waals surface area contributed by atoms with Gasteiger partial charge >= 0.3 is 0 Å². The first-order valence-corrected chi connectivity index (χ1v) is 17.3. The Morgan fingerprint density at radius 3 is 1.83 bits per heavy atom. The van der Waals surface area contributed by atoms with Gasteiger partial charge in [-0.05, 0) is 79.4 Å². The average Bonchev–Trinajstić information content (AvgIpc) is 3.17. The molecule has 6 rings (SSSR count). The molecule has 0 saturated carbocycles. The number of primary amides is 1. The molecule has 0 saturated heterocycles. The van der Waals surface area contributed by atoms with Crippen molar-refractivity contribution in [3.8, 4) is 11.5 Å². The fourth-order valence-corrected chi connectivity index (χ4v) is 6.45. The van der Waals surface area contributed by atoms with Gasteiger partial charge in [0.15, 0.2) is 6.23 Å². The number of hydrogen-bond donors (Lipinski definition) is 6. The minimum Gasteiger partial charge on any atom is -0.497 e. The summed E-state index contributed by atoms with van der Waals surface area (Å²) < 4.78 is 11.5. The SMILES string of the molecule is COc1cccc(C(CN)Nc2c(C)cnc3c(C(=O)NC(C)Oc4ccc(C(CN)Nc5c(C)cnc6c(C(N)=O)cccc56)cc4)cccc23)c1. The van der Waals surface area contributed by atoms with E-state index in [1.165, 1.54) is 0 Å². The lowest BCUT2D eigenvalue weighted by molar-refractivity contribution is 0.0852. The Labute approximate surface area is 308 Å². The monoisotopic (exact) mass is 712 g/mol. The Morgan fingerprint density at radius 1 is 0.717 bits per heavy atom. The lowest BCUT2D eigenvalue weighted by Gasteiger charge is -2.23. The molecular formula is C41H44N8O4. The third kappa shape index (κ3) is 7.83. The Hall–Kier alpha value is -6.24. The van der Waals surface area contributed by atoms with Crippen molar-refractivity contribution in [2.45, 2.75) is 39.1 Å². The van der Waals surface area contributed by atoms with Crippen LogP contribution in [-0.2, 0) is 0 Å². The van der Waals surface area contributed by atoms with Crippen molar-refractivity contribution in [1.82, 2.24) is 15.3 Å². The van der Waals surface area contributed by atoms with E-state index in [1.54, 1.807) is 44.6 Å². The topological polar surface area (TPSA) is 193 Å². The van der Waals surface area contributed by atoms with Crippen LogP contribution in [0.2, 0.25) is 0 Å². The molecule has 12 nitrogen and oxygen atoms in total. The number of hydrogen-bond acceptors (Lipinski definition) is 10. The fourth-order valence-electron chi connectivity index (χ4n) is 6.45. The number of aryl methyl sites for hydroxylation is 2. The van der Waals surface area contributed by atoms with Crippen molar-refractivity contribution >= 4 is 45.0 Å². The second-order valence-electron chi connectivity index (χ2n) is 12.8. The van der Waals surface area contributed by atoms with Gasteiger partial charge in [0.25, 0.3) is 11.8 Å². The number of nitrogens with zero attached hydrogens (tertiary/aromatic N) is 2. The zero-order valence-electron chi connectivity index (χ0n) is 30.1. The molecule has 3 unspecified atom stereocenters. The molecule has 2 aromatic heterocycles. The van der Waals surface area contributed by atoms with Crippen LogP contribution in [0.5, 0.6) is 11.5 Å². The Kier molecular flexibility index (Phi) is 11.0. The number of carbonyl (C=O) groups is 2. The summed E-state index contributed by atoms with van der Waals surface area (Å²) in [5.74, 6) is 0.450. The number of rotatable bonds is 14. The predicted octanol–water partition coefficient (Wildman–Crippen LogP) is 5.89. The molecule has 0 aliphatic heterocycles. The van der Waals surface area contributed by atoms with E-state index in [4.69, 9.17) is 26.7 Å². The number of carbonyl (C=O) groups excluding carboxylic acids is 2. The second-order valence-corrected chi connectivity index (χ2v) is 12.8. The summed E-state index contributed by atoms with van der Waals surface area (Å²) in [6.45, 7) is 6.32.